The molecule has 1 aliphatic heterocycles. The Morgan fingerprint density at radius 1 is 1.54 bits per heavy atom. The van der Waals surface area contributed by atoms with Crippen molar-refractivity contribution < 1.29 is 19.8 Å². The summed E-state index contributed by atoms with van der Waals surface area (Å²) in [6.45, 7) is 0.113. The normalized spacial score (nSPS) is 27.7. The van der Waals surface area contributed by atoms with Gasteiger partial charge in [0.1, 0.15) is 6.04 Å². The Morgan fingerprint density at radius 2 is 2.15 bits per heavy atom. The molecule has 0 aromatic carbocycles. The van der Waals surface area contributed by atoms with E-state index in [1.54, 1.807) is 0 Å². The van der Waals surface area contributed by atoms with Gasteiger partial charge < -0.3 is 15.1 Å². The number of aliphatic hydroxyl groups is 1. The monoisotopic (exact) mass is 251 g/mol. The third-order valence-corrected chi connectivity index (χ3v) is 2.48. The number of rotatable bonds is 2. The number of alkyl halides is 1. The van der Waals surface area contributed by atoms with Gasteiger partial charge in [-0.1, -0.05) is 15.9 Å². The van der Waals surface area contributed by atoms with Gasteiger partial charge in [0.25, 0.3) is 0 Å². The topological polar surface area (TPSA) is 77.8 Å². The fourth-order valence-electron chi connectivity index (χ4n) is 1.40. The van der Waals surface area contributed by atoms with E-state index in [2.05, 4.69) is 15.9 Å². The number of halogens is 1. The first kappa shape index (κ1) is 10.5. The molecule has 1 rings (SSSR count). The fraction of sp³-hybridized carbons (Fsp3) is 0.714. The Balaban J connectivity index is 2.71. The Bertz CT molecular complexity index is 233. The standard InChI is InChI=1S/C7H10BrNO4/c8-2-6(11)9-3-4(10)1-5(9)7(12)13/h4-5,10H,1-3H2,(H,12,13)/t4-,5+/m0/s1. The van der Waals surface area contributed by atoms with Crippen LogP contribution in [-0.2, 0) is 9.59 Å². The minimum atomic E-state index is -1.06. The van der Waals surface area contributed by atoms with Gasteiger partial charge >= 0.3 is 5.97 Å². The summed E-state index contributed by atoms with van der Waals surface area (Å²) < 4.78 is 0. The highest BCUT2D eigenvalue weighted by molar-refractivity contribution is 9.09. The lowest BCUT2D eigenvalue weighted by Gasteiger charge is -2.19. The zero-order valence-electron chi connectivity index (χ0n) is 6.81. The molecule has 6 heteroatoms. The second-order valence-corrected chi connectivity index (χ2v) is 3.48. The van der Waals surface area contributed by atoms with E-state index in [1.165, 1.54) is 4.90 Å². The maximum absolute atomic E-state index is 11.2. The van der Waals surface area contributed by atoms with Crippen LogP contribution in [0.3, 0.4) is 0 Å². The molecule has 0 aliphatic carbocycles. The number of hydrogen-bond acceptors (Lipinski definition) is 3. The van der Waals surface area contributed by atoms with Crippen LogP contribution in [0, 0.1) is 0 Å². The van der Waals surface area contributed by atoms with Crippen molar-refractivity contribution in [1.29, 1.82) is 0 Å². The van der Waals surface area contributed by atoms with Crippen LogP contribution in [-0.4, -0.2) is 51.0 Å². The molecule has 0 radical (unpaired) electrons. The van der Waals surface area contributed by atoms with Gasteiger partial charge in [0.15, 0.2) is 0 Å². The van der Waals surface area contributed by atoms with Gasteiger partial charge in [-0.05, 0) is 0 Å². The molecule has 0 spiro atoms. The van der Waals surface area contributed by atoms with Gasteiger partial charge in [-0.2, -0.15) is 0 Å². The average Bonchev–Trinajstić information content (AvgIpc) is 2.46. The highest BCUT2D eigenvalue weighted by Gasteiger charge is 2.38. The van der Waals surface area contributed by atoms with E-state index >= 15 is 0 Å². The van der Waals surface area contributed by atoms with Gasteiger partial charge in [0.05, 0.1) is 11.4 Å². The van der Waals surface area contributed by atoms with Crippen LogP contribution < -0.4 is 0 Å². The molecule has 1 saturated heterocycles. The third kappa shape index (κ3) is 2.19. The van der Waals surface area contributed by atoms with Gasteiger partial charge in [0, 0.05) is 13.0 Å². The molecule has 74 valence electrons. The largest absolute Gasteiger partial charge is 0.480 e. The average molecular weight is 252 g/mol. The van der Waals surface area contributed by atoms with Crippen LogP contribution >= 0.6 is 15.9 Å². The number of β-amino-alcohol motifs (C(OH)–C–C–N with tert-alkyl or cyclic N) is 1. The molecule has 0 aromatic rings. The van der Waals surface area contributed by atoms with Crippen molar-refractivity contribution in [2.75, 3.05) is 11.9 Å². The molecule has 0 bridgehead atoms. The second kappa shape index (κ2) is 4.06. The molecule has 2 N–H and O–H groups in total. The Hall–Kier alpha value is -0.620. The van der Waals surface area contributed by atoms with E-state index < -0.39 is 18.1 Å². The summed E-state index contributed by atoms with van der Waals surface area (Å²) in [5.74, 6) is -1.37. The number of amides is 1. The number of carboxylic acids is 1. The van der Waals surface area contributed by atoms with Gasteiger partial charge in [-0.15, -0.1) is 0 Å². The molecule has 0 unspecified atom stereocenters. The Kier molecular flexibility index (Phi) is 3.27. The van der Waals surface area contributed by atoms with Gasteiger partial charge in [-0.3, -0.25) is 4.79 Å². The van der Waals surface area contributed by atoms with Gasteiger partial charge in [0.2, 0.25) is 5.91 Å². The van der Waals surface area contributed by atoms with Crippen LogP contribution in [0.15, 0.2) is 0 Å². The number of carbonyl (C=O) groups excluding carboxylic acids is 1. The van der Waals surface area contributed by atoms with Crippen molar-refractivity contribution in [3.8, 4) is 0 Å². The molecule has 1 aliphatic rings. The number of hydrogen-bond donors (Lipinski definition) is 2. The highest BCUT2D eigenvalue weighted by atomic mass is 79.9. The van der Waals surface area contributed by atoms with Crippen molar-refractivity contribution in [3.05, 3.63) is 0 Å². The number of aliphatic carboxylic acids is 1. The minimum Gasteiger partial charge on any atom is -0.480 e. The summed E-state index contributed by atoms with van der Waals surface area (Å²) in [6, 6.07) is -0.875. The van der Waals surface area contributed by atoms with Crippen LogP contribution in [0.2, 0.25) is 0 Å². The molecule has 5 nitrogen and oxygen atoms in total. The SMILES string of the molecule is O=C(O)[C@H]1C[C@H](O)CN1C(=O)CBr. The lowest BCUT2D eigenvalue weighted by atomic mass is 10.2. The molecule has 0 saturated carbocycles. The number of likely N-dealkylation sites (tertiary alicyclic amines) is 1. The van der Waals surface area contributed by atoms with E-state index in [1.807, 2.05) is 0 Å². The molecule has 1 amide bonds. The molecule has 13 heavy (non-hydrogen) atoms. The minimum absolute atomic E-state index is 0.0868. The highest BCUT2D eigenvalue weighted by Crippen LogP contribution is 2.18. The molecule has 1 heterocycles. The number of aliphatic hydroxyl groups excluding tert-OH is 1. The van der Waals surface area contributed by atoms with Gasteiger partial charge in [-0.25, -0.2) is 4.79 Å². The molecular formula is C7H10BrNO4. The summed E-state index contributed by atoms with van der Waals surface area (Å²) >= 11 is 2.96. The first-order valence-electron chi connectivity index (χ1n) is 3.82. The van der Waals surface area contributed by atoms with Crippen LogP contribution in [0.25, 0.3) is 0 Å². The van der Waals surface area contributed by atoms with E-state index in [4.69, 9.17) is 5.11 Å². The van der Waals surface area contributed by atoms with Crippen LogP contribution in [0.5, 0.6) is 0 Å². The second-order valence-electron chi connectivity index (χ2n) is 2.92. The molecule has 1 fully saturated rings. The van der Waals surface area contributed by atoms with Crippen molar-refractivity contribution in [3.63, 3.8) is 0 Å². The lowest BCUT2D eigenvalue weighted by Crippen LogP contribution is -2.41. The molecule has 2 atom stereocenters. The number of nitrogens with zero attached hydrogens (tertiary/aromatic N) is 1. The summed E-state index contributed by atoms with van der Waals surface area (Å²) in [5, 5.41) is 18.0. The zero-order valence-corrected chi connectivity index (χ0v) is 8.40. The van der Waals surface area contributed by atoms with E-state index in [9.17, 15) is 14.7 Å². The van der Waals surface area contributed by atoms with Crippen molar-refractivity contribution >= 4 is 27.8 Å². The van der Waals surface area contributed by atoms with Crippen molar-refractivity contribution in [1.82, 2.24) is 4.90 Å². The summed E-state index contributed by atoms with van der Waals surface area (Å²) in [5.41, 5.74) is 0. The quantitative estimate of drug-likeness (QED) is 0.645. The van der Waals surface area contributed by atoms with Crippen LogP contribution in [0.4, 0.5) is 0 Å². The third-order valence-electron chi connectivity index (χ3n) is 2.00. The maximum Gasteiger partial charge on any atom is 0.326 e. The Labute approximate surface area is 83.5 Å². The lowest BCUT2D eigenvalue weighted by molar-refractivity contribution is -0.147. The molecule has 0 aromatic heterocycles. The Morgan fingerprint density at radius 3 is 2.62 bits per heavy atom. The first-order chi connectivity index (χ1) is 6.06. The first-order valence-corrected chi connectivity index (χ1v) is 4.94. The van der Waals surface area contributed by atoms with Crippen molar-refractivity contribution in [2.45, 2.75) is 18.6 Å². The number of carboxylic acid groups (broad SMARTS) is 1. The number of carbonyl (C=O) groups is 2. The van der Waals surface area contributed by atoms with E-state index in [0.29, 0.717) is 0 Å². The maximum atomic E-state index is 11.2. The fourth-order valence-corrected chi connectivity index (χ4v) is 1.72. The molecular weight excluding hydrogens is 242 g/mol. The van der Waals surface area contributed by atoms with E-state index in [0.717, 1.165) is 0 Å². The van der Waals surface area contributed by atoms with Crippen LogP contribution in [0.1, 0.15) is 6.42 Å². The summed E-state index contributed by atoms with van der Waals surface area (Å²) in [7, 11) is 0. The smallest absolute Gasteiger partial charge is 0.326 e. The summed E-state index contributed by atoms with van der Waals surface area (Å²) in [6.07, 6.45) is -0.599. The predicted molar refractivity (Wildman–Crippen MR) is 47.6 cm³/mol. The summed E-state index contributed by atoms with van der Waals surface area (Å²) in [4.78, 5) is 23.0. The van der Waals surface area contributed by atoms with E-state index in [-0.39, 0.29) is 24.2 Å². The van der Waals surface area contributed by atoms with Crippen molar-refractivity contribution in [2.24, 2.45) is 0 Å². The zero-order chi connectivity index (χ0) is 10.0. The predicted octanol–water partition coefficient (Wildman–Crippen LogP) is -0.572.